The molecule has 1 N–H and O–H groups in total. The Balaban J connectivity index is 1.70. The molecule has 3 aromatic rings. The highest BCUT2D eigenvalue weighted by Crippen LogP contribution is 2.24. The summed E-state index contributed by atoms with van der Waals surface area (Å²) in [5.41, 5.74) is 3.63. The Morgan fingerprint density at radius 3 is 2.79 bits per heavy atom. The zero-order valence-corrected chi connectivity index (χ0v) is 13.0. The van der Waals surface area contributed by atoms with E-state index in [1.165, 1.54) is 18.3 Å². The van der Waals surface area contributed by atoms with Crippen molar-refractivity contribution in [3.05, 3.63) is 65.7 Å². The summed E-state index contributed by atoms with van der Waals surface area (Å²) < 4.78 is 23.7. The minimum atomic E-state index is -0.470. The predicted molar refractivity (Wildman–Crippen MR) is 88.8 cm³/mol. The molecule has 0 aliphatic rings. The highest BCUT2D eigenvalue weighted by atomic mass is 19.1. The first-order valence-corrected chi connectivity index (χ1v) is 7.41. The Kier molecular flexibility index (Phi) is 4.56. The molecule has 0 aliphatic heterocycles. The third-order valence-electron chi connectivity index (χ3n) is 3.27. The molecule has 0 atom stereocenters. The molecule has 0 spiro atoms. The molecule has 1 heterocycles. The largest absolute Gasteiger partial charge is 0.494 e. The first-order chi connectivity index (χ1) is 11.7. The third kappa shape index (κ3) is 3.60. The van der Waals surface area contributed by atoms with Crippen LogP contribution in [0.25, 0.3) is 11.0 Å². The van der Waals surface area contributed by atoms with Crippen LogP contribution in [0.5, 0.6) is 5.75 Å². The maximum Gasteiger partial charge on any atom is 0.307 e. The smallest absolute Gasteiger partial charge is 0.307 e. The number of nitrogens with zero attached hydrogens (tertiary/aromatic N) is 1. The fraction of sp³-hybridized carbons (Fsp3) is 0.111. The highest BCUT2D eigenvalue weighted by Gasteiger charge is 2.12. The summed E-state index contributed by atoms with van der Waals surface area (Å²) in [6, 6.07) is 12.7. The van der Waals surface area contributed by atoms with Gasteiger partial charge in [0.15, 0.2) is 5.76 Å². The van der Waals surface area contributed by atoms with E-state index in [4.69, 9.17) is 9.15 Å². The van der Waals surface area contributed by atoms with E-state index in [1.807, 2.05) is 6.92 Å². The number of fused-ring (bicyclic) bond motifs is 1. The second-order valence-corrected chi connectivity index (χ2v) is 4.99. The Hall–Kier alpha value is -3.15. The zero-order chi connectivity index (χ0) is 16.9. The molecule has 0 aliphatic carbocycles. The molecule has 2 aromatic carbocycles. The maximum atomic E-state index is 12.8. The van der Waals surface area contributed by atoms with Gasteiger partial charge in [-0.25, -0.2) is 9.82 Å². The van der Waals surface area contributed by atoms with Crippen molar-refractivity contribution in [2.24, 2.45) is 5.10 Å². The Morgan fingerprint density at radius 2 is 2.04 bits per heavy atom. The summed E-state index contributed by atoms with van der Waals surface area (Å²) in [6.07, 6.45) is 1.42. The Morgan fingerprint density at radius 1 is 1.25 bits per heavy atom. The molecule has 5 nitrogen and oxygen atoms in total. The van der Waals surface area contributed by atoms with Crippen LogP contribution >= 0.6 is 0 Å². The lowest BCUT2D eigenvalue weighted by Crippen LogP contribution is -2.16. The number of hydrazone groups is 1. The lowest BCUT2D eigenvalue weighted by Gasteiger charge is -2.00. The van der Waals surface area contributed by atoms with Gasteiger partial charge in [0, 0.05) is 5.39 Å². The van der Waals surface area contributed by atoms with Crippen LogP contribution in [0.2, 0.25) is 0 Å². The van der Waals surface area contributed by atoms with Gasteiger partial charge >= 0.3 is 5.91 Å². The lowest BCUT2D eigenvalue weighted by molar-refractivity contribution is 0.0929. The number of ether oxygens (including phenoxy) is 1. The standard InChI is InChI=1S/C18H15FN2O3/c1-2-23-15-7-8-16-13(9-15)10-17(24-16)18(22)21-20-11-12-3-5-14(19)6-4-12/h3-11H,2H2,1H3,(H,21,22)/b20-11+. The third-order valence-corrected chi connectivity index (χ3v) is 3.27. The monoisotopic (exact) mass is 326 g/mol. The summed E-state index contributed by atoms with van der Waals surface area (Å²) in [6.45, 7) is 2.46. The average molecular weight is 326 g/mol. The molecule has 0 saturated carbocycles. The molecular formula is C18H15FN2O3. The molecule has 0 bridgehead atoms. The van der Waals surface area contributed by atoms with E-state index in [9.17, 15) is 9.18 Å². The number of hydrogen-bond donors (Lipinski definition) is 1. The minimum absolute atomic E-state index is 0.148. The predicted octanol–water partition coefficient (Wildman–Crippen LogP) is 3.73. The zero-order valence-electron chi connectivity index (χ0n) is 13.0. The number of carbonyl (C=O) groups excluding carboxylic acids is 1. The molecular weight excluding hydrogens is 311 g/mol. The SMILES string of the molecule is CCOc1ccc2oc(C(=O)N/N=C/c3ccc(F)cc3)cc2c1. The fourth-order valence-corrected chi connectivity index (χ4v) is 2.16. The van der Waals surface area contributed by atoms with Crippen molar-refractivity contribution in [3.63, 3.8) is 0 Å². The van der Waals surface area contributed by atoms with E-state index in [0.717, 1.165) is 5.39 Å². The van der Waals surface area contributed by atoms with Gasteiger partial charge in [0.1, 0.15) is 17.1 Å². The fourth-order valence-electron chi connectivity index (χ4n) is 2.16. The second kappa shape index (κ2) is 6.95. The van der Waals surface area contributed by atoms with Crippen molar-refractivity contribution >= 4 is 23.1 Å². The van der Waals surface area contributed by atoms with Gasteiger partial charge in [-0.2, -0.15) is 5.10 Å². The van der Waals surface area contributed by atoms with Gasteiger partial charge in [-0.3, -0.25) is 4.79 Å². The van der Waals surface area contributed by atoms with Gasteiger partial charge in [0.25, 0.3) is 0 Å². The number of amides is 1. The van der Waals surface area contributed by atoms with Crippen molar-refractivity contribution < 1.29 is 18.3 Å². The summed E-state index contributed by atoms with van der Waals surface area (Å²) >= 11 is 0. The summed E-state index contributed by atoms with van der Waals surface area (Å²) in [7, 11) is 0. The van der Waals surface area contributed by atoms with Gasteiger partial charge in [0.05, 0.1) is 12.8 Å². The van der Waals surface area contributed by atoms with E-state index in [1.54, 1.807) is 36.4 Å². The molecule has 1 amide bonds. The molecule has 24 heavy (non-hydrogen) atoms. The van der Waals surface area contributed by atoms with Crippen molar-refractivity contribution in [1.82, 2.24) is 5.43 Å². The van der Waals surface area contributed by atoms with Crippen LogP contribution in [0.4, 0.5) is 4.39 Å². The van der Waals surface area contributed by atoms with E-state index >= 15 is 0 Å². The van der Waals surface area contributed by atoms with Gasteiger partial charge in [0.2, 0.25) is 0 Å². The van der Waals surface area contributed by atoms with Crippen LogP contribution in [-0.2, 0) is 0 Å². The maximum absolute atomic E-state index is 12.8. The number of nitrogens with one attached hydrogen (secondary N) is 1. The Bertz CT molecular complexity index is 885. The second-order valence-electron chi connectivity index (χ2n) is 4.99. The number of rotatable bonds is 5. The van der Waals surface area contributed by atoms with Crippen LogP contribution < -0.4 is 10.2 Å². The van der Waals surface area contributed by atoms with Crippen molar-refractivity contribution in [2.75, 3.05) is 6.61 Å². The molecule has 0 radical (unpaired) electrons. The molecule has 6 heteroatoms. The van der Waals surface area contributed by atoms with Crippen LogP contribution in [0.3, 0.4) is 0 Å². The number of furan rings is 1. The highest BCUT2D eigenvalue weighted by molar-refractivity contribution is 5.96. The topological polar surface area (TPSA) is 63.8 Å². The number of halogens is 1. The van der Waals surface area contributed by atoms with Crippen LogP contribution in [-0.4, -0.2) is 18.7 Å². The summed E-state index contributed by atoms with van der Waals surface area (Å²) in [5, 5.41) is 4.60. The normalized spacial score (nSPS) is 11.1. The van der Waals surface area contributed by atoms with Gasteiger partial charge in [-0.05, 0) is 48.9 Å². The van der Waals surface area contributed by atoms with Crippen LogP contribution in [0.15, 0.2) is 58.0 Å². The number of hydrogen-bond acceptors (Lipinski definition) is 4. The van der Waals surface area contributed by atoms with E-state index in [0.29, 0.717) is 23.5 Å². The van der Waals surface area contributed by atoms with E-state index < -0.39 is 5.91 Å². The number of carbonyl (C=O) groups is 1. The molecule has 1 aromatic heterocycles. The molecule has 0 saturated heterocycles. The van der Waals surface area contributed by atoms with Gasteiger partial charge in [-0.1, -0.05) is 12.1 Å². The van der Waals surface area contributed by atoms with Crippen LogP contribution in [0.1, 0.15) is 23.0 Å². The molecule has 3 rings (SSSR count). The minimum Gasteiger partial charge on any atom is -0.494 e. The average Bonchev–Trinajstić information content (AvgIpc) is 3.00. The first-order valence-electron chi connectivity index (χ1n) is 7.41. The quantitative estimate of drug-likeness (QED) is 0.574. The molecule has 122 valence electrons. The number of benzene rings is 2. The van der Waals surface area contributed by atoms with E-state index in [2.05, 4.69) is 10.5 Å². The summed E-state index contributed by atoms with van der Waals surface area (Å²) in [5.74, 6) is 0.0643. The van der Waals surface area contributed by atoms with Gasteiger partial charge < -0.3 is 9.15 Å². The van der Waals surface area contributed by atoms with Crippen molar-refractivity contribution in [2.45, 2.75) is 6.92 Å². The van der Waals surface area contributed by atoms with Gasteiger partial charge in [-0.15, -0.1) is 0 Å². The van der Waals surface area contributed by atoms with Crippen molar-refractivity contribution in [1.29, 1.82) is 0 Å². The molecule has 0 fully saturated rings. The van der Waals surface area contributed by atoms with E-state index in [-0.39, 0.29) is 11.6 Å². The Labute approximate surface area is 137 Å². The van der Waals surface area contributed by atoms with Crippen LogP contribution in [0, 0.1) is 5.82 Å². The van der Waals surface area contributed by atoms with Crippen molar-refractivity contribution in [3.8, 4) is 5.75 Å². The lowest BCUT2D eigenvalue weighted by atomic mass is 10.2. The summed E-state index contributed by atoms with van der Waals surface area (Å²) in [4.78, 5) is 12.1. The first kappa shape index (κ1) is 15.7. The molecule has 0 unspecified atom stereocenters.